The summed E-state index contributed by atoms with van der Waals surface area (Å²) in [5.74, 6) is 8.53. The van der Waals surface area contributed by atoms with E-state index in [1.165, 1.54) is 32.1 Å². The molecule has 148 valence electrons. The van der Waals surface area contributed by atoms with E-state index in [1.807, 2.05) is 13.8 Å². The summed E-state index contributed by atoms with van der Waals surface area (Å²) in [6.45, 7) is 9.68. The van der Waals surface area contributed by atoms with E-state index in [1.54, 1.807) is 0 Å². The minimum atomic E-state index is -0.453. The molecule has 0 radical (unpaired) electrons. The third-order valence-electron chi connectivity index (χ3n) is 7.23. The summed E-state index contributed by atoms with van der Waals surface area (Å²) >= 11 is 0. The van der Waals surface area contributed by atoms with Crippen LogP contribution < -0.4 is 0 Å². The third-order valence-corrected chi connectivity index (χ3v) is 7.23. The second kappa shape index (κ2) is 8.21. The normalized spacial score (nSPS) is 39.0. The van der Waals surface area contributed by atoms with E-state index in [9.17, 15) is 5.11 Å². The van der Waals surface area contributed by atoms with Crippen molar-refractivity contribution >= 4 is 0 Å². The molecule has 2 aliphatic carbocycles. The van der Waals surface area contributed by atoms with Gasteiger partial charge in [-0.1, -0.05) is 32.1 Å². The van der Waals surface area contributed by atoms with Crippen LogP contribution in [0.4, 0.5) is 0 Å². The van der Waals surface area contributed by atoms with Gasteiger partial charge in [0.25, 0.3) is 0 Å². The van der Waals surface area contributed by atoms with E-state index in [4.69, 9.17) is 9.47 Å². The first-order chi connectivity index (χ1) is 12.3. The Kier molecular flexibility index (Phi) is 6.37. The molecular formula is C23H38O3. The fourth-order valence-corrected chi connectivity index (χ4v) is 5.85. The SMILES string of the molecule is C[C@H](CC#CC(C)(C)OC1CCCCO1)C1CC[C@H]2[C@@H](O)CCC[C@]12C. The van der Waals surface area contributed by atoms with Crippen molar-refractivity contribution in [1.29, 1.82) is 0 Å². The summed E-state index contributed by atoms with van der Waals surface area (Å²) in [7, 11) is 0. The quantitative estimate of drug-likeness (QED) is 0.722. The van der Waals surface area contributed by atoms with Gasteiger partial charge >= 0.3 is 0 Å². The number of rotatable bonds is 4. The highest BCUT2D eigenvalue weighted by atomic mass is 16.7. The molecule has 0 amide bonds. The molecule has 2 saturated carbocycles. The lowest BCUT2D eigenvalue weighted by Gasteiger charge is -2.45. The van der Waals surface area contributed by atoms with Gasteiger partial charge in [-0.25, -0.2) is 0 Å². The van der Waals surface area contributed by atoms with Crippen LogP contribution in [0.2, 0.25) is 0 Å². The lowest BCUT2D eigenvalue weighted by Crippen LogP contribution is -2.41. The van der Waals surface area contributed by atoms with Crippen molar-refractivity contribution in [1.82, 2.24) is 0 Å². The van der Waals surface area contributed by atoms with Gasteiger partial charge < -0.3 is 14.6 Å². The first-order valence-corrected chi connectivity index (χ1v) is 10.8. The van der Waals surface area contributed by atoms with E-state index < -0.39 is 5.60 Å². The molecule has 6 atom stereocenters. The van der Waals surface area contributed by atoms with Gasteiger partial charge in [0.15, 0.2) is 6.29 Å². The van der Waals surface area contributed by atoms with Crippen molar-refractivity contribution < 1.29 is 14.6 Å². The van der Waals surface area contributed by atoms with Crippen molar-refractivity contribution in [3.63, 3.8) is 0 Å². The van der Waals surface area contributed by atoms with Gasteiger partial charge in [-0.15, -0.1) is 0 Å². The van der Waals surface area contributed by atoms with Crippen LogP contribution >= 0.6 is 0 Å². The van der Waals surface area contributed by atoms with Crippen molar-refractivity contribution in [3.8, 4) is 11.8 Å². The fraction of sp³-hybridized carbons (Fsp3) is 0.913. The van der Waals surface area contributed by atoms with E-state index in [-0.39, 0.29) is 12.4 Å². The minimum absolute atomic E-state index is 0.0835. The first-order valence-electron chi connectivity index (χ1n) is 10.8. The zero-order valence-electron chi connectivity index (χ0n) is 17.2. The highest BCUT2D eigenvalue weighted by Crippen LogP contribution is 2.58. The zero-order chi connectivity index (χ0) is 18.8. The monoisotopic (exact) mass is 362 g/mol. The zero-order valence-corrected chi connectivity index (χ0v) is 17.2. The molecule has 1 N–H and O–H groups in total. The topological polar surface area (TPSA) is 38.7 Å². The molecule has 0 aromatic rings. The van der Waals surface area contributed by atoms with Gasteiger partial charge in [-0.2, -0.15) is 0 Å². The number of fused-ring (bicyclic) bond motifs is 1. The van der Waals surface area contributed by atoms with Gasteiger partial charge in [0, 0.05) is 13.0 Å². The summed E-state index contributed by atoms with van der Waals surface area (Å²) in [4.78, 5) is 0. The predicted octanol–water partition coefficient (Wildman–Crippen LogP) is 4.92. The van der Waals surface area contributed by atoms with E-state index in [2.05, 4.69) is 25.7 Å². The molecule has 3 rings (SSSR count). The summed E-state index contributed by atoms with van der Waals surface area (Å²) in [6.07, 6.45) is 9.91. The van der Waals surface area contributed by atoms with Crippen molar-refractivity contribution in [2.45, 2.75) is 103 Å². The lowest BCUT2D eigenvalue weighted by atomic mass is 9.61. The Bertz CT molecular complexity index is 525. The van der Waals surface area contributed by atoms with Gasteiger partial charge in [0.05, 0.1) is 6.10 Å². The molecule has 0 spiro atoms. The number of aliphatic hydroxyl groups excluding tert-OH is 1. The summed E-state index contributed by atoms with van der Waals surface area (Å²) in [5, 5.41) is 10.4. The van der Waals surface area contributed by atoms with E-state index in [0.29, 0.717) is 23.2 Å². The van der Waals surface area contributed by atoms with Crippen molar-refractivity contribution in [2.75, 3.05) is 6.61 Å². The Morgan fingerprint density at radius 1 is 1.19 bits per heavy atom. The van der Waals surface area contributed by atoms with Crippen LogP contribution in [-0.4, -0.2) is 29.7 Å². The van der Waals surface area contributed by atoms with E-state index >= 15 is 0 Å². The standard InChI is InChI=1S/C23H38O3/c1-17(18-12-13-19-20(24)10-8-15-23(18,19)4)9-7-14-22(2,3)26-21-11-5-6-16-25-21/h17-21,24H,5-6,8-13,15-16H2,1-4H3/t17-,18?,19+,20+,21?,23-/m1/s1. The summed E-state index contributed by atoms with van der Waals surface area (Å²) in [5.41, 5.74) is -0.147. The average Bonchev–Trinajstić information content (AvgIpc) is 2.93. The largest absolute Gasteiger partial charge is 0.393 e. The Balaban J connectivity index is 1.55. The average molecular weight is 363 g/mol. The molecular weight excluding hydrogens is 324 g/mol. The second-order valence-electron chi connectivity index (χ2n) is 9.66. The molecule has 0 aromatic heterocycles. The molecule has 26 heavy (non-hydrogen) atoms. The molecule has 0 aromatic carbocycles. The molecule has 3 nitrogen and oxygen atoms in total. The molecule has 1 saturated heterocycles. The van der Waals surface area contributed by atoms with Crippen LogP contribution in [0.25, 0.3) is 0 Å². The summed E-state index contributed by atoms with van der Waals surface area (Å²) < 4.78 is 11.8. The highest BCUT2D eigenvalue weighted by molar-refractivity contribution is 5.12. The Labute approximate surface area is 160 Å². The maximum absolute atomic E-state index is 10.4. The van der Waals surface area contributed by atoms with Crippen LogP contribution in [0, 0.1) is 35.0 Å². The van der Waals surface area contributed by atoms with Gasteiger partial charge in [0.1, 0.15) is 5.60 Å². The van der Waals surface area contributed by atoms with Crippen molar-refractivity contribution in [2.24, 2.45) is 23.2 Å². The van der Waals surface area contributed by atoms with Crippen LogP contribution in [0.15, 0.2) is 0 Å². The lowest BCUT2D eigenvalue weighted by molar-refractivity contribution is -0.199. The van der Waals surface area contributed by atoms with E-state index in [0.717, 1.165) is 32.3 Å². The number of hydrogen-bond acceptors (Lipinski definition) is 3. The van der Waals surface area contributed by atoms with Crippen LogP contribution in [0.3, 0.4) is 0 Å². The highest BCUT2D eigenvalue weighted by Gasteiger charge is 2.51. The molecule has 3 aliphatic rings. The summed E-state index contributed by atoms with van der Waals surface area (Å²) in [6, 6.07) is 0. The molecule has 0 bridgehead atoms. The maximum Gasteiger partial charge on any atom is 0.159 e. The molecule has 3 fully saturated rings. The first kappa shape index (κ1) is 20.2. The maximum atomic E-state index is 10.4. The predicted molar refractivity (Wildman–Crippen MR) is 104 cm³/mol. The molecule has 3 heteroatoms. The van der Waals surface area contributed by atoms with Gasteiger partial charge in [0.2, 0.25) is 0 Å². The van der Waals surface area contributed by atoms with Gasteiger partial charge in [-0.3, -0.25) is 0 Å². The third kappa shape index (κ3) is 4.46. The number of ether oxygens (including phenoxy) is 2. The van der Waals surface area contributed by atoms with Crippen LogP contribution in [0.1, 0.15) is 85.5 Å². The number of hydrogen-bond donors (Lipinski definition) is 1. The molecule has 2 unspecified atom stereocenters. The van der Waals surface area contributed by atoms with Gasteiger partial charge in [-0.05, 0) is 82.0 Å². The Morgan fingerprint density at radius 3 is 2.73 bits per heavy atom. The van der Waals surface area contributed by atoms with Crippen LogP contribution in [0.5, 0.6) is 0 Å². The second-order valence-corrected chi connectivity index (χ2v) is 9.66. The smallest absolute Gasteiger partial charge is 0.159 e. The van der Waals surface area contributed by atoms with Crippen molar-refractivity contribution in [3.05, 3.63) is 0 Å². The fourth-order valence-electron chi connectivity index (χ4n) is 5.85. The van der Waals surface area contributed by atoms with Crippen LogP contribution in [-0.2, 0) is 9.47 Å². The molecule has 1 heterocycles. The number of aliphatic hydroxyl groups is 1. The Hall–Kier alpha value is -0.560. The minimum Gasteiger partial charge on any atom is -0.393 e. The molecule has 1 aliphatic heterocycles. The Morgan fingerprint density at radius 2 is 2.00 bits per heavy atom.